The van der Waals surface area contributed by atoms with Crippen molar-refractivity contribution in [1.29, 1.82) is 0 Å². The molecule has 0 aliphatic carbocycles. The molecule has 5 nitrogen and oxygen atoms in total. The van der Waals surface area contributed by atoms with Crippen molar-refractivity contribution in [3.05, 3.63) is 0 Å². The van der Waals surface area contributed by atoms with Crippen LogP contribution in [0.15, 0.2) is 0 Å². The first kappa shape index (κ1) is 15.6. The van der Waals surface area contributed by atoms with E-state index in [-0.39, 0.29) is 0 Å². The fourth-order valence-electron chi connectivity index (χ4n) is 0.996. The molecule has 0 aliphatic rings. The van der Waals surface area contributed by atoms with E-state index in [9.17, 15) is 9.59 Å². The maximum absolute atomic E-state index is 11.5. The fourth-order valence-corrected chi connectivity index (χ4v) is 2.04. The first-order valence-corrected chi connectivity index (χ1v) is 7.58. The summed E-state index contributed by atoms with van der Waals surface area (Å²) in [5.41, 5.74) is 5.62. The van der Waals surface area contributed by atoms with Gasteiger partial charge in [-0.15, -0.1) is 0 Å². The quantitative estimate of drug-likeness (QED) is 0.573. The molecule has 0 spiro atoms. The van der Waals surface area contributed by atoms with Gasteiger partial charge in [0.25, 0.3) is 0 Å². The minimum absolute atomic E-state index is 0.344. The molecule has 0 bridgehead atoms. The van der Waals surface area contributed by atoms with Crippen LogP contribution >= 0.6 is 23.5 Å². The lowest BCUT2D eigenvalue weighted by Gasteiger charge is -2.16. The highest BCUT2D eigenvalue weighted by atomic mass is 32.2. The molecule has 0 heterocycles. The molecule has 0 fully saturated rings. The van der Waals surface area contributed by atoms with E-state index >= 15 is 0 Å². The molecule has 0 aromatic carbocycles. The minimum Gasteiger partial charge on any atom is -0.480 e. The van der Waals surface area contributed by atoms with E-state index in [1.54, 1.807) is 18.0 Å². The number of carboxylic acid groups (broad SMARTS) is 1. The van der Waals surface area contributed by atoms with Gasteiger partial charge in [0.05, 0.1) is 6.04 Å². The zero-order valence-electron chi connectivity index (χ0n) is 9.43. The van der Waals surface area contributed by atoms with E-state index in [1.807, 2.05) is 6.26 Å². The van der Waals surface area contributed by atoms with Crippen LogP contribution in [0.25, 0.3) is 0 Å². The normalized spacial score (nSPS) is 14.2. The van der Waals surface area contributed by atoms with E-state index in [1.165, 1.54) is 11.8 Å². The van der Waals surface area contributed by atoms with Gasteiger partial charge in [-0.25, -0.2) is 4.79 Å². The van der Waals surface area contributed by atoms with Crippen LogP contribution in [-0.4, -0.2) is 53.1 Å². The maximum atomic E-state index is 11.5. The molecule has 0 saturated heterocycles. The van der Waals surface area contributed by atoms with Crippen molar-refractivity contribution < 1.29 is 14.7 Å². The molecule has 94 valence electrons. The van der Waals surface area contributed by atoms with Crippen LogP contribution in [0.1, 0.15) is 6.42 Å². The van der Waals surface area contributed by atoms with Crippen LogP contribution in [0, 0.1) is 0 Å². The van der Waals surface area contributed by atoms with Crippen LogP contribution in [0.2, 0.25) is 0 Å². The Bertz CT molecular complexity index is 239. The van der Waals surface area contributed by atoms with Gasteiger partial charge in [-0.3, -0.25) is 4.79 Å². The maximum Gasteiger partial charge on any atom is 0.327 e. The summed E-state index contributed by atoms with van der Waals surface area (Å²) in [6, 6.07) is -1.49. The number of hydrogen-bond acceptors (Lipinski definition) is 5. The summed E-state index contributed by atoms with van der Waals surface area (Å²) in [7, 11) is 0. The molecule has 0 saturated carbocycles. The van der Waals surface area contributed by atoms with E-state index in [0.717, 1.165) is 5.75 Å². The highest BCUT2D eigenvalue weighted by Crippen LogP contribution is 2.01. The van der Waals surface area contributed by atoms with Crippen molar-refractivity contribution in [2.75, 3.05) is 24.0 Å². The number of rotatable bonds is 8. The number of aliphatic carboxylic acids is 1. The van der Waals surface area contributed by atoms with Gasteiger partial charge in [0, 0.05) is 5.75 Å². The molecular formula is C9H18N2O3S2. The van der Waals surface area contributed by atoms with Crippen LogP contribution in [-0.2, 0) is 9.59 Å². The third kappa shape index (κ3) is 6.24. The molecule has 0 aliphatic heterocycles. The Morgan fingerprint density at radius 1 is 1.38 bits per heavy atom. The summed E-state index contributed by atoms with van der Waals surface area (Å²) < 4.78 is 0. The van der Waals surface area contributed by atoms with Crippen molar-refractivity contribution in [2.45, 2.75) is 18.5 Å². The third-order valence-electron chi connectivity index (χ3n) is 1.92. The van der Waals surface area contributed by atoms with Crippen molar-refractivity contribution in [3.8, 4) is 0 Å². The van der Waals surface area contributed by atoms with Crippen LogP contribution < -0.4 is 11.1 Å². The second-order valence-electron chi connectivity index (χ2n) is 3.24. The molecule has 2 unspecified atom stereocenters. The Hall–Kier alpha value is -0.400. The van der Waals surface area contributed by atoms with Gasteiger partial charge < -0.3 is 16.2 Å². The number of hydrogen-bond donors (Lipinski definition) is 3. The zero-order valence-corrected chi connectivity index (χ0v) is 11.1. The van der Waals surface area contributed by atoms with Gasteiger partial charge in [-0.2, -0.15) is 23.5 Å². The zero-order chi connectivity index (χ0) is 12.6. The Morgan fingerprint density at radius 3 is 2.44 bits per heavy atom. The third-order valence-corrected chi connectivity index (χ3v) is 3.23. The summed E-state index contributed by atoms with van der Waals surface area (Å²) in [6.45, 7) is 0. The predicted molar refractivity (Wildman–Crippen MR) is 68.9 cm³/mol. The highest BCUT2D eigenvalue weighted by Gasteiger charge is 2.22. The molecule has 0 rings (SSSR count). The van der Waals surface area contributed by atoms with E-state index in [2.05, 4.69) is 5.32 Å². The monoisotopic (exact) mass is 266 g/mol. The first-order chi connectivity index (χ1) is 7.52. The fraction of sp³-hybridized carbons (Fsp3) is 0.778. The number of carbonyl (C=O) groups is 2. The van der Waals surface area contributed by atoms with E-state index < -0.39 is 24.0 Å². The Labute approximate surface area is 104 Å². The summed E-state index contributed by atoms with van der Waals surface area (Å²) in [5.74, 6) is -0.291. The lowest BCUT2D eigenvalue weighted by molar-refractivity contribution is -0.141. The number of nitrogens with one attached hydrogen (secondary N) is 1. The molecule has 2 atom stereocenters. The Balaban J connectivity index is 4.12. The Morgan fingerprint density at radius 2 is 2.00 bits per heavy atom. The molecule has 0 radical (unpaired) electrons. The first-order valence-electron chi connectivity index (χ1n) is 4.79. The molecule has 16 heavy (non-hydrogen) atoms. The molecular weight excluding hydrogens is 248 g/mol. The van der Waals surface area contributed by atoms with Gasteiger partial charge in [-0.1, -0.05) is 0 Å². The number of carboxylic acids is 1. The van der Waals surface area contributed by atoms with Gasteiger partial charge in [0.15, 0.2) is 0 Å². The van der Waals surface area contributed by atoms with Gasteiger partial charge in [-0.05, 0) is 24.7 Å². The van der Waals surface area contributed by atoms with Crippen LogP contribution in [0.5, 0.6) is 0 Å². The minimum atomic E-state index is -1.03. The summed E-state index contributed by atoms with van der Waals surface area (Å²) in [5, 5.41) is 11.3. The molecule has 1 amide bonds. The number of carbonyl (C=O) groups excluding carboxylic acids is 1. The smallest absolute Gasteiger partial charge is 0.327 e. The standard InChI is InChI=1S/C9H18N2O3S2/c1-15-4-3-6(10)8(12)11-7(5-16-2)9(13)14/h6-7H,3-5,10H2,1-2H3,(H,11,12)(H,13,14). The topological polar surface area (TPSA) is 92.4 Å². The highest BCUT2D eigenvalue weighted by molar-refractivity contribution is 7.98. The summed E-state index contributed by atoms with van der Waals surface area (Å²) in [6.07, 6.45) is 4.27. The predicted octanol–water partition coefficient (Wildman–Crippen LogP) is -0.000800. The van der Waals surface area contributed by atoms with Crippen LogP contribution in [0.3, 0.4) is 0 Å². The van der Waals surface area contributed by atoms with E-state index in [4.69, 9.17) is 10.8 Å². The molecule has 4 N–H and O–H groups in total. The SMILES string of the molecule is CSCCC(N)C(=O)NC(CSC)C(=O)O. The van der Waals surface area contributed by atoms with Crippen molar-refractivity contribution in [3.63, 3.8) is 0 Å². The molecule has 7 heteroatoms. The largest absolute Gasteiger partial charge is 0.480 e. The van der Waals surface area contributed by atoms with Gasteiger partial charge in [0.2, 0.25) is 5.91 Å². The number of amides is 1. The second-order valence-corrected chi connectivity index (χ2v) is 5.14. The van der Waals surface area contributed by atoms with Gasteiger partial charge >= 0.3 is 5.97 Å². The molecule has 0 aromatic rings. The number of nitrogens with two attached hydrogens (primary N) is 1. The Kier molecular flexibility index (Phi) is 8.50. The lowest BCUT2D eigenvalue weighted by atomic mass is 10.2. The molecule has 0 aromatic heterocycles. The summed E-state index contributed by atoms with van der Waals surface area (Å²) in [4.78, 5) is 22.3. The number of thioether (sulfide) groups is 2. The lowest BCUT2D eigenvalue weighted by Crippen LogP contribution is -2.49. The van der Waals surface area contributed by atoms with Crippen molar-refractivity contribution in [1.82, 2.24) is 5.32 Å². The summed E-state index contributed by atoms with van der Waals surface area (Å²) >= 11 is 2.97. The second kappa shape index (κ2) is 8.72. The van der Waals surface area contributed by atoms with E-state index in [0.29, 0.717) is 12.2 Å². The average Bonchev–Trinajstić information content (AvgIpc) is 2.24. The average molecular weight is 266 g/mol. The van der Waals surface area contributed by atoms with Gasteiger partial charge in [0.1, 0.15) is 6.04 Å². The van der Waals surface area contributed by atoms with Crippen molar-refractivity contribution in [2.24, 2.45) is 5.73 Å². The van der Waals surface area contributed by atoms with Crippen LogP contribution in [0.4, 0.5) is 0 Å². The van der Waals surface area contributed by atoms with Crippen molar-refractivity contribution >= 4 is 35.4 Å².